The van der Waals surface area contributed by atoms with Gasteiger partial charge >= 0.3 is 5.97 Å². The van der Waals surface area contributed by atoms with Crippen LogP contribution in [0.15, 0.2) is 29.6 Å². The summed E-state index contributed by atoms with van der Waals surface area (Å²) in [6.45, 7) is 0.751. The van der Waals surface area contributed by atoms with Gasteiger partial charge in [-0.3, -0.25) is 14.4 Å². The van der Waals surface area contributed by atoms with Crippen molar-refractivity contribution in [3.05, 3.63) is 35.2 Å². The maximum atomic E-state index is 12.9. The van der Waals surface area contributed by atoms with E-state index < -0.39 is 12.0 Å². The first-order valence-corrected chi connectivity index (χ1v) is 8.11. The van der Waals surface area contributed by atoms with E-state index in [2.05, 4.69) is 10.1 Å². The minimum atomic E-state index is -0.831. The normalized spacial score (nSPS) is 17.9. The molecule has 6 nitrogen and oxygen atoms in total. The van der Waals surface area contributed by atoms with Crippen LogP contribution in [0, 0.1) is 0 Å². The van der Waals surface area contributed by atoms with E-state index in [-0.39, 0.29) is 18.2 Å². The Kier molecular flexibility index (Phi) is 4.29. The number of rotatable bonds is 3. The summed E-state index contributed by atoms with van der Waals surface area (Å²) < 4.78 is 5.65. The van der Waals surface area contributed by atoms with Crippen LogP contribution in [-0.4, -0.2) is 48.9 Å². The summed E-state index contributed by atoms with van der Waals surface area (Å²) in [4.78, 5) is 38.0. The number of thiophene rings is 1. The second-order valence-corrected chi connectivity index (χ2v) is 6.14. The van der Waals surface area contributed by atoms with E-state index in [0.717, 1.165) is 10.1 Å². The third kappa shape index (κ3) is 2.92. The summed E-state index contributed by atoms with van der Waals surface area (Å²) in [5.41, 5.74) is 0.565. The zero-order valence-corrected chi connectivity index (χ0v) is 13.4. The Morgan fingerprint density at radius 2 is 2.17 bits per heavy atom. The molecule has 3 rings (SSSR count). The lowest BCUT2D eigenvalue weighted by Crippen LogP contribution is -2.57. The number of carbonyl (C=O) groups excluding carboxylic acids is 3. The molecule has 0 radical (unpaired) electrons. The van der Waals surface area contributed by atoms with Gasteiger partial charge in [0.15, 0.2) is 0 Å². The fourth-order valence-corrected chi connectivity index (χ4v) is 3.63. The Hall–Kier alpha value is -2.41. The average Bonchev–Trinajstić information content (AvgIpc) is 3.00. The number of piperazine rings is 1. The molecule has 2 aromatic rings. The number of carbonyl (C=O) groups is 3. The largest absolute Gasteiger partial charge is 0.469 e. The molecule has 120 valence electrons. The Morgan fingerprint density at radius 1 is 1.39 bits per heavy atom. The predicted octanol–water partition coefficient (Wildman–Crippen LogP) is 1.41. The second-order valence-electron chi connectivity index (χ2n) is 5.23. The molecule has 2 heterocycles. The van der Waals surface area contributed by atoms with Crippen LogP contribution >= 0.6 is 11.3 Å². The van der Waals surface area contributed by atoms with Crippen molar-refractivity contribution < 1.29 is 19.1 Å². The second kappa shape index (κ2) is 6.37. The lowest BCUT2D eigenvalue weighted by molar-refractivity contribution is -0.145. The van der Waals surface area contributed by atoms with Crippen LogP contribution in [0.1, 0.15) is 16.8 Å². The van der Waals surface area contributed by atoms with E-state index in [1.54, 1.807) is 5.38 Å². The molecule has 23 heavy (non-hydrogen) atoms. The average molecular weight is 332 g/mol. The molecule has 1 aliphatic rings. The first kappa shape index (κ1) is 15.5. The first-order chi connectivity index (χ1) is 11.1. The molecule has 1 aromatic heterocycles. The highest BCUT2D eigenvalue weighted by molar-refractivity contribution is 7.17. The van der Waals surface area contributed by atoms with Gasteiger partial charge in [0.2, 0.25) is 5.91 Å². The molecule has 1 unspecified atom stereocenters. The van der Waals surface area contributed by atoms with Gasteiger partial charge in [0.1, 0.15) is 6.04 Å². The monoisotopic (exact) mass is 332 g/mol. The van der Waals surface area contributed by atoms with Crippen molar-refractivity contribution in [1.29, 1.82) is 0 Å². The van der Waals surface area contributed by atoms with Crippen molar-refractivity contribution in [3.63, 3.8) is 0 Å². The zero-order chi connectivity index (χ0) is 16.4. The highest BCUT2D eigenvalue weighted by Crippen LogP contribution is 2.27. The molecule has 1 N–H and O–H groups in total. The molecule has 0 saturated carbocycles. The molecule has 1 atom stereocenters. The summed E-state index contributed by atoms with van der Waals surface area (Å²) in [6.07, 6.45) is -0.143. The minimum absolute atomic E-state index is 0.143. The molecule has 7 heteroatoms. The molecule has 0 spiro atoms. The smallest absolute Gasteiger partial charge is 0.308 e. The first-order valence-electron chi connectivity index (χ1n) is 7.23. The van der Waals surface area contributed by atoms with Crippen LogP contribution in [0.5, 0.6) is 0 Å². The van der Waals surface area contributed by atoms with Gasteiger partial charge in [-0.1, -0.05) is 18.2 Å². The lowest BCUT2D eigenvalue weighted by Gasteiger charge is -2.34. The van der Waals surface area contributed by atoms with E-state index in [4.69, 9.17) is 0 Å². The van der Waals surface area contributed by atoms with Crippen LogP contribution in [0.4, 0.5) is 0 Å². The zero-order valence-electron chi connectivity index (χ0n) is 12.6. The fraction of sp³-hybridized carbons (Fsp3) is 0.312. The Bertz CT molecular complexity index is 770. The number of fused-ring (bicyclic) bond motifs is 1. The number of benzene rings is 1. The van der Waals surface area contributed by atoms with Crippen molar-refractivity contribution in [2.24, 2.45) is 0 Å². The standard InChI is InChI=1S/C16H16N2O4S/c1-22-14(19)8-12-15(20)17-6-7-18(12)16(21)11-9-23-13-5-3-2-4-10(11)13/h2-5,9,12H,6-8H2,1H3,(H,17,20). The number of hydrogen-bond donors (Lipinski definition) is 1. The van der Waals surface area contributed by atoms with Gasteiger partial charge in [-0.15, -0.1) is 11.3 Å². The Morgan fingerprint density at radius 3 is 2.96 bits per heavy atom. The van der Waals surface area contributed by atoms with E-state index in [0.29, 0.717) is 18.7 Å². The molecule has 0 bridgehead atoms. The molecular weight excluding hydrogens is 316 g/mol. The summed E-state index contributed by atoms with van der Waals surface area (Å²) >= 11 is 1.49. The predicted molar refractivity (Wildman–Crippen MR) is 86.3 cm³/mol. The SMILES string of the molecule is COC(=O)CC1C(=O)NCCN1C(=O)c1csc2ccccc12. The Labute approximate surface area is 137 Å². The molecular formula is C16H16N2O4S. The number of ether oxygens (including phenoxy) is 1. The number of nitrogens with one attached hydrogen (secondary N) is 1. The Balaban J connectivity index is 1.92. The third-order valence-electron chi connectivity index (χ3n) is 3.89. The molecule has 1 aliphatic heterocycles. The van der Waals surface area contributed by atoms with Gasteiger partial charge in [0.25, 0.3) is 5.91 Å². The van der Waals surface area contributed by atoms with E-state index in [1.807, 2.05) is 24.3 Å². The van der Waals surface area contributed by atoms with Gasteiger partial charge < -0.3 is 15.0 Å². The van der Waals surface area contributed by atoms with Gasteiger partial charge in [-0.2, -0.15) is 0 Å². The summed E-state index contributed by atoms with van der Waals surface area (Å²) in [5, 5.41) is 5.36. The van der Waals surface area contributed by atoms with Crippen molar-refractivity contribution in [3.8, 4) is 0 Å². The third-order valence-corrected chi connectivity index (χ3v) is 4.85. The van der Waals surface area contributed by atoms with Crippen molar-refractivity contribution in [2.45, 2.75) is 12.5 Å². The molecule has 1 aromatic carbocycles. The van der Waals surface area contributed by atoms with E-state index in [1.165, 1.54) is 23.3 Å². The van der Waals surface area contributed by atoms with Crippen LogP contribution in [0.3, 0.4) is 0 Å². The number of amides is 2. The fourth-order valence-electron chi connectivity index (χ4n) is 2.70. The highest BCUT2D eigenvalue weighted by atomic mass is 32.1. The molecule has 0 aliphatic carbocycles. The van der Waals surface area contributed by atoms with Crippen molar-refractivity contribution >= 4 is 39.2 Å². The topological polar surface area (TPSA) is 75.7 Å². The van der Waals surface area contributed by atoms with Gasteiger partial charge in [-0.25, -0.2) is 0 Å². The molecule has 1 fully saturated rings. The van der Waals surface area contributed by atoms with Crippen molar-refractivity contribution in [2.75, 3.05) is 20.2 Å². The molecule has 2 amide bonds. The molecule has 1 saturated heterocycles. The maximum absolute atomic E-state index is 12.9. The highest BCUT2D eigenvalue weighted by Gasteiger charge is 2.36. The number of hydrogen-bond acceptors (Lipinski definition) is 5. The summed E-state index contributed by atoms with van der Waals surface area (Å²) in [7, 11) is 1.27. The lowest BCUT2D eigenvalue weighted by atomic mass is 10.1. The minimum Gasteiger partial charge on any atom is -0.469 e. The van der Waals surface area contributed by atoms with Crippen LogP contribution in [0.25, 0.3) is 10.1 Å². The van der Waals surface area contributed by atoms with Crippen LogP contribution in [-0.2, 0) is 14.3 Å². The van der Waals surface area contributed by atoms with Crippen LogP contribution in [0.2, 0.25) is 0 Å². The summed E-state index contributed by atoms with van der Waals surface area (Å²) in [5.74, 6) is -1.07. The number of methoxy groups -OCH3 is 1. The van der Waals surface area contributed by atoms with E-state index in [9.17, 15) is 14.4 Å². The van der Waals surface area contributed by atoms with Gasteiger partial charge in [0, 0.05) is 28.6 Å². The summed E-state index contributed by atoms with van der Waals surface area (Å²) in [6, 6.07) is 6.80. The van der Waals surface area contributed by atoms with E-state index >= 15 is 0 Å². The number of nitrogens with zero attached hydrogens (tertiary/aromatic N) is 1. The van der Waals surface area contributed by atoms with Crippen molar-refractivity contribution in [1.82, 2.24) is 10.2 Å². The maximum Gasteiger partial charge on any atom is 0.308 e. The number of esters is 1. The van der Waals surface area contributed by atoms with Gasteiger partial charge in [-0.05, 0) is 6.07 Å². The quantitative estimate of drug-likeness (QED) is 0.862. The van der Waals surface area contributed by atoms with Gasteiger partial charge in [0.05, 0.1) is 19.1 Å². The van der Waals surface area contributed by atoms with Crippen LogP contribution < -0.4 is 5.32 Å².